The summed E-state index contributed by atoms with van der Waals surface area (Å²) in [6.07, 6.45) is 1.17. The number of hydrogen-bond acceptors (Lipinski definition) is 7. The highest BCUT2D eigenvalue weighted by Crippen LogP contribution is 2.42. The molecule has 0 fully saturated rings. The maximum absolute atomic E-state index is 12.7. The van der Waals surface area contributed by atoms with E-state index in [1.165, 1.54) is 18.4 Å². The van der Waals surface area contributed by atoms with Gasteiger partial charge in [0.05, 0.1) is 34.8 Å². The molecule has 0 radical (unpaired) electrons. The molecule has 0 saturated carbocycles. The molecule has 1 atom stereocenters. The molecule has 0 aliphatic heterocycles. The number of hydrogen-bond donors (Lipinski definition) is 0. The van der Waals surface area contributed by atoms with Gasteiger partial charge in [0.2, 0.25) is 0 Å². The van der Waals surface area contributed by atoms with Gasteiger partial charge in [-0.1, -0.05) is 44.5 Å². The second-order valence-corrected chi connectivity index (χ2v) is 16.6. The van der Waals surface area contributed by atoms with Crippen LogP contribution >= 0.6 is 22.9 Å². The van der Waals surface area contributed by atoms with Gasteiger partial charge in [0.25, 0.3) is 8.32 Å². The number of halogens is 1. The summed E-state index contributed by atoms with van der Waals surface area (Å²) in [4.78, 5) is 17.4. The SMILES string of the molecule is COC(=O)c1sc(-n2cnc3ccc(C#N)cc32)cc1O[C@H](C)c1cccc(O[Si](C)(C)C(C)(C)C)c1Cl. The molecule has 10 heteroatoms. The molecule has 2 aromatic carbocycles. The first-order chi connectivity index (χ1) is 17.9. The van der Waals surface area contributed by atoms with E-state index in [4.69, 9.17) is 25.5 Å². The molecule has 38 heavy (non-hydrogen) atoms. The van der Waals surface area contributed by atoms with Crippen LogP contribution in [0.2, 0.25) is 23.2 Å². The zero-order valence-corrected chi connectivity index (χ0v) is 25.0. The summed E-state index contributed by atoms with van der Waals surface area (Å²) >= 11 is 8.05. The number of nitrogens with zero attached hydrogens (tertiary/aromatic N) is 3. The van der Waals surface area contributed by atoms with Crippen LogP contribution in [0, 0.1) is 11.3 Å². The zero-order chi connectivity index (χ0) is 27.8. The molecule has 2 aromatic heterocycles. The van der Waals surface area contributed by atoms with Crippen LogP contribution < -0.4 is 9.16 Å². The van der Waals surface area contributed by atoms with E-state index in [9.17, 15) is 10.1 Å². The van der Waals surface area contributed by atoms with Crippen molar-refractivity contribution in [1.29, 1.82) is 5.26 Å². The third-order valence-corrected chi connectivity index (χ3v) is 12.7. The fraction of sp³-hybridized carbons (Fsp3) is 0.321. The number of ether oxygens (including phenoxy) is 2. The van der Waals surface area contributed by atoms with Crippen molar-refractivity contribution in [2.75, 3.05) is 7.11 Å². The summed E-state index contributed by atoms with van der Waals surface area (Å²) in [5.41, 5.74) is 2.75. The lowest BCUT2D eigenvalue weighted by Gasteiger charge is -2.37. The highest BCUT2D eigenvalue weighted by atomic mass is 35.5. The van der Waals surface area contributed by atoms with Gasteiger partial charge in [-0.15, -0.1) is 11.3 Å². The lowest BCUT2D eigenvalue weighted by atomic mass is 10.1. The van der Waals surface area contributed by atoms with Crippen molar-refractivity contribution in [2.24, 2.45) is 0 Å². The second kappa shape index (κ2) is 10.4. The van der Waals surface area contributed by atoms with Crippen LogP contribution in [-0.4, -0.2) is 30.9 Å². The van der Waals surface area contributed by atoms with Crippen molar-refractivity contribution in [2.45, 2.75) is 51.9 Å². The zero-order valence-electron chi connectivity index (χ0n) is 22.5. The predicted octanol–water partition coefficient (Wildman–Crippen LogP) is 7.92. The smallest absolute Gasteiger partial charge is 0.351 e. The molecule has 4 rings (SSSR count). The summed E-state index contributed by atoms with van der Waals surface area (Å²) in [6, 6.07) is 14.9. The first kappa shape index (κ1) is 27.7. The van der Waals surface area contributed by atoms with Gasteiger partial charge in [-0.2, -0.15) is 5.26 Å². The quantitative estimate of drug-likeness (QED) is 0.166. The number of aromatic nitrogens is 2. The molecular formula is C28H30ClN3O4SSi. The van der Waals surface area contributed by atoms with E-state index in [0.717, 1.165) is 16.6 Å². The average Bonchev–Trinajstić information content (AvgIpc) is 3.47. The van der Waals surface area contributed by atoms with E-state index >= 15 is 0 Å². The Morgan fingerprint density at radius 3 is 2.58 bits per heavy atom. The molecule has 0 aliphatic rings. The Hall–Kier alpha value is -3.32. The Balaban J connectivity index is 1.70. The van der Waals surface area contributed by atoms with Crippen molar-refractivity contribution in [3.8, 4) is 22.6 Å². The summed E-state index contributed by atoms with van der Waals surface area (Å²) < 4.78 is 19.7. The van der Waals surface area contributed by atoms with Crippen LogP contribution in [0.4, 0.5) is 0 Å². The minimum absolute atomic E-state index is 0.0163. The topological polar surface area (TPSA) is 86.4 Å². The average molecular weight is 568 g/mol. The number of esters is 1. The lowest BCUT2D eigenvalue weighted by molar-refractivity contribution is 0.0600. The fourth-order valence-electron chi connectivity index (χ4n) is 3.66. The molecule has 0 N–H and O–H groups in total. The Morgan fingerprint density at radius 2 is 1.92 bits per heavy atom. The van der Waals surface area contributed by atoms with Gasteiger partial charge in [-0.25, -0.2) is 9.78 Å². The monoisotopic (exact) mass is 567 g/mol. The number of methoxy groups -OCH3 is 1. The summed E-state index contributed by atoms with van der Waals surface area (Å²) in [6.45, 7) is 12.7. The van der Waals surface area contributed by atoms with Gasteiger partial charge in [-0.05, 0) is 49.3 Å². The van der Waals surface area contributed by atoms with Gasteiger partial charge in [0.1, 0.15) is 28.9 Å². The van der Waals surface area contributed by atoms with E-state index < -0.39 is 20.4 Å². The van der Waals surface area contributed by atoms with Gasteiger partial charge >= 0.3 is 5.97 Å². The van der Waals surface area contributed by atoms with E-state index in [0.29, 0.717) is 32.0 Å². The molecule has 0 bridgehead atoms. The van der Waals surface area contributed by atoms with E-state index in [1.54, 1.807) is 30.6 Å². The minimum Gasteiger partial charge on any atom is -0.542 e. The fourth-order valence-corrected chi connectivity index (χ4v) is 6.06. The van der Waals surface area contributed by atoms with Crippen molar-refractivity contribution in [3.63, 3.8) is 0 Å². The molecule has 2 heterocycles. The number of imidazole rings is 1. The molecular weight excluding hydrogens is 538 g/mol. The number of rotatable bonds is 7. The lowest BCUT2D eigenvalue weighted by Crippen LogP contribution is -2.44. The number of carbonyl (C=O) groups excluding carboxylic acids is 1. The van der Waals surface area contributed by atoms with Crippen molar-refractivity contribution in [3.05, 3.63) is 69.8 Å². The first-order valence-corrected chi connectivity index (χ1v) is 16.2. The van der Waals surface area contributed by atoms with Gasteiger partial charge in [0, 0.05) is 11.6 Å². The molecule has 0 spiro atoms. The van der Waals surface area contributed by atoms with E-state index in [-0.39, 0.29) is 5.04 Å². The third-order valence-electron chi connectivity index (χ3n) is 6.88. The summed E-state index contributed by atoms with van der Waals surface area (Å²) in [5, 5.41) is 10.5. The van der Waals surface area contributed by atoms with Crippen LogP contribution in [0.25, 0.3) is 16.0 Å². The molecule has 198 valence electrons. The Kier molecular flexibility index (Phi) is 7.61. The minimum atomic E-state index is -2.11. The number of thiophene rings is 1. The Labute approximate surface area is 232 Å². The van der Waals surface area contributed by atoms with E-state index in [1.807, 2.05) is 29.7 Å². The molecule has 4 aromatic rings. The van der Waals surface area contributed by atoms with Gasteiger partial charge in [-0.3, -0.25) is 4.57 Å². The van der Waals surface area contributed by atoms with Crippen LogP contribution in [0.1, 0.15) is 54.6 Å². The van der Waals surface area contributed by atoms with Gasteiger partial charge in [0.15, 0.2) is 4.88 Å². The van der Waals surface area contributed by atoms with Crippen LogP contribution in [0.3, 0.4) is 0 Å². The largest absolute Gasteiger partial charge is 0.542 e. The summed E-state index contributed by atoms with van der Waals surface area (Å²) in [5.74, 6) is 0.490. The number of carbonyl (C=O) groups is 1. The third kappa shape index (κ3) is 5.30. The van der Waals surface area contributed by atoms with Crippen molar-refractivity contribution < 1.29 is 18.7 Å². The number of benzene rings is 2. The normalized spacial score (nSPS) is 12.7. The van der Waals surface area contributed by atoms with Crippen LogP contribution in [0.5, 0.6) is 11.5 Å². The highest BCUT2D eigenvalue weighted by Gasteiger charge is 2.39. The molecule has 0 amide bonds. The van der Waals surface area contributed by atoms with Gasteiger partial charge < -0.3 is 13.9 Å². The number of fused-ring (bicyclic) bond motifs is 1. The van der Waals surface area contributed by atoms with E-state index in [2.05, 4.69) is 44.9 Å². The standard InChI is InChI=1S/C28H30ClN3O4SSi/c1-17(19-9-8-10-22(25(19)29)36-38(6,7)28(2,3)4)35-23-14-24(37-26(23)27(33)34-5)32-16-31-20-12-11-18(15-30)13-21(20)32/h8-14,16-17H,1-7H3/t17-/m1/s1. The highest BCUT2D eigenvalue weighted by molar-refractivity contribution is 7.16. The maximum Gasteiger partial charge on any atom is 0.351 e. The maximum atomic E-state index is 12.7. The first-order valence-electron chi connectivity index (χ1n) is 12.1. The van der Waals surface area contributed by atoms with Crippen LogP contribution in [-0.2, 0) is 4.74 Å². The van der Waals surface area contributed by atoms with Crippen LogP contribution in [0.15, 0.2) is 48.8 Å². The predicted molar refractivity (Wildman–Crippen MR) is 153 cm³/mol. The molecule has 0 saturated heterocycles. The second-order valence-electron chi connectivity index (χ2n) is 10.5. The molecule has 0 aliphatic carbocycles. The van der Waals surface area contributed by atoms with Crippen molar-refractivity contribution >= 4 is 48.3 Å². The van der Waals surface area contributed by atoms with Crippen molar-refractivity contribution in [1.82, 2.24) is 9.55 Å². The number of nitriles is 1. The Bertz CT molecular complexity index is 1550. The molecule has 7 nitrogen and oxygen atoms in total. The summed E-state index contributed by atoms with van der Waals surface area (Å²) in [7, 11) is -0.776. The molecule has 0 unspecified atom stereocenters. The Morgan fingerprint density at radius 1 is 1.18 bits per heavy atom.